The molecule has 3 rings (SSSR count). The summed E-state index contributed by atoms with van der Waals surface area (Å²) in [6.07, 6.45) is 3.30. The van der Waals surface area contributed by atoms with E-state index in [4.69, 9.17) is 11.6 Å². The van der Waals surface area contributed by atoms with E-state index in [2.05, 4.69) is 20.4 Å². The average molecular weight is 318 g/mol. The van der Waals surface area contributed by atoms with E-state index in [0.29, 0.717) is 23.0 Å². The largest absolute Gasteiger partial charge is 0.345 e. The minimum atomic E-state index is -0.176. The average Bonchev–Trinajstić information content (AvgIpc) is 3.10. The van der Waals surface area contributed by atoms with Gasteiger partial charge in [0.15, 0.2) is 0 Å². The van der Waals surface area contributed by atoms with Crippen LogP contribution in [0.15, 0.2) is 30.6 Å². The number of H-pyrrole nitrogens is 1. The van der Waals surface area contributed by atoms with E-state index < -0.39 is 0 Å². The first-order valence-corrected chi connectivity index (χ1v) is 7.37. The number of rotatable bonds is 4. The van der Waals surface area contributed by atoms with Gasteiger partial charge in [-0.15, -0.1) is 0 Å². The van der Waals surface area contributed by atoms with Gasteiger partial charge in [0, 0.05) is 17.3 Å². The summed E-state index contributed by atoms with van der Waals surface area (Å²) in [5, 5.41) is 7.62. The van der Waals surface area contributed by atoms with Crippen molar-refractivity contribution in [3.8, 4) is 0 Å². The third-order valence-corrected chi connectivity index (χ3v) is 3.54. The van der Waals surface area contributed by atoms with Crippen LogP contribution in [0.3, 0.4) is 0 Å². The van der Waals surface area contributed by atoms with Crippen molar-refractivity contribution in [1.82, 2.24) is 25.1 Å². The summed E-state index contributed by atoms with van der Waals surface area (Å²) in [6.45, 7) is 4.33. The molecule has 2 heterocycles. The Morgan fingerprint density at radius 3 is 3.00 bits per heavy atom. The molecule has 0 fully saturated rings. The number of carbonyl (C=O) groups excluding carboxylic acids is 1. The zero-order chi connectivity index (χ0) is 15.7. The van der Waals surface area contributed by atoms with Crippen LogP contribution in [0.5, 0.6) is 0 Å². The van der Waals surface area contributed by atoms with E-state index >= 15 is 0 Å². The fourth-order valence-corrected chi connectivity index (χ4v) is 2.29. The molecular weight excluding hydrogens is 302 g/mol. The number of benzene rings is 1. The lowest BCUT2D eigenvalue weighted by molar-refractivity contribution is 0.0950. The number of aromatic nitrogens is 4. The molecule has 114 valence electrons. The first-order valence-electron chi connectivity index (χ1n) is 6.99. The molecule has 0 aliphatic rings. The van der Waals surface area contributed by atoms with Gasteiger partial charge in [-0.1, -0.05) is 11.6 Å². The van der Waals surface area contributed by atoms with Crippen molar-refractivity contribution >= 4 is 28.5 Å². The lowest BCUT2D eigenvalue weighted by Gasteiger charge is -2.03. The summed E-state index contributed by atoms with van der Waals surface area (Å²) in [5.74, 6) is 0.507. The van der Waals surface area contributed by atoms with Crippen LogP contribution in [0, 0.1) is 0 Å². The Morgan fingerprint density at radius 1 is 1.45 bits per heavy atom. The molecule has 0 aliphatic heterocycles. The van der Waals surface area contributed by atoms with Gasteiger partial charge >= 0.3 is 0 Å². The maximum atomic E-state index is 12.1. The molecule has 0 bridgehead atoms. The highest BCUT2D eigenvalue weighted by Crippen LogP contribution is 2.17. The Hall–Kier alpha value is -2.34. The molecule has 0 saturated carbocycles. The minimum absolute atomic E-state index is 0.176. The summed E-state index contributed by atoms with van der Waals surface area (Å²) in [4.78, 5) is 19.6. The molecule has 2 N–H and O–H groups in total. The number of halogens is 1. The number of carbonyl (C=O) groups is 1. The fraction of sp³-hybridized carbons (Fsp3) is 0.267. The molecule has 0 aliphatic carbocycles. The standard InChI is InChI=1S/C15H16ClN5O/c1-9(2)21-8-10(6-18-21)15(22)17-7-14-19-12-4-3-11(16)5-13(12)20-14/h3-6,8-9H,7H2,1-2H3,(H,17,22)(H,19,20). The Bertz CT molecular complexity index is 820. The van der Waals surface area contributed by atoms with E-state index in [9.17, 15) is 4.79 Å². The lowest BCUT2D eigenvalue weighted by Crippen LogP contribution is -2.23. The van der Waals surface area contributed by atoms with Crippen LogP contribution >= 0.6 is 11.6 Å². The van der Waals surface area contributed by atoms with Gasteiger partial charge in [0.1, 0.15) is 5.82 Å². The Balaban J connectivity index is 1.68. The number of amides is 1. The molecule has 1 amide bonds. The summed E-state index contributed by atoms with van der Waals surface area (Å²) in [5.41, 5.74) is 2.21. The summed E-state index contributed by atoms with van der Waals surface area (Å²) in [7, 11) is 0. The molecule has 0 spiro atoms. The monoisotopic (exact) mass is 317 g/mol. The van der Waals surface area contributed by atoms with Crippen LogP contribution in [0.2, 0.25) is 5.02 Å². The van der Waals surface area contributed by atoms with Crippen molar-refractivity contribution < 1.29 is 4.79 Å². The minimum Gasteiger partial charge on any atom is -0.345 e. The Morgan fingerprint density at radius 2 is 2.27 bits per heavy atom. The first-order chi connectivity index (χ1) is 10.5. The first kappa shape index (κ1) is 14.6. The third-order valence-electron chi connectivity index (χ3n) is 3.30. The molecule has 0 atom stereocenters. The van der Waals surface area contributed by atoms with Gasteiger partial charge in [-0.3, -0.25) is 9.48 Å². The van der Waals surface area contributed by atoms with Gasteiger partial charge in [-0.2, -0.15) is 5.10 Å². The van der Waals surface area contributed by atoms with Crippen LogP contribution in [0.4, 0.5) is 0 Å². The van der Waals surface area contributed by atoms with Gasteiger partial charge in [0.05, 0.1) is 29.3 Å². The molecule has 0 saturated heterocycles. The van der Waals surface area contributed by atoms with E-state index in [1.807, 2.05) is 26.0 Å². The molecule has 1 aromatic carbocycles. The normalized spacial score (nSPS) is 11.3. The molecule has 22 heavy (non-hydrogen) atoms. The number of imidazole rings is 1. The number of fused-ring (bicyclic) bond motifs is 1. The highest BCUT2D eigenvalue weighted by Gasteiger charge is 2.11. The second-order valence-corrected chi connectivity index (χ2v) is 5.77. The molecule has 0 unspecified atom stereocenters. The van der Waals surface area contributed by atoms with Crippen LogP contribution in [-0.4, -0.2) is 25.7 Å². The molecule has 7 heteroatoms. The lowest BCUT2D eigenvalue weighted by atomic mass is 10.3. The zero-order valence-electron chi connectivity index (χ0n) is 12.3. The van der Waals surface area contributed by atoms with Gasteiger partial charge in [0.25, 0.3) is 5.91 Å². The Labute approximate surface area is 132 Å². The molecular formula is C15H16ClN5O. The number of nitrogens with zero attached hydrogens (tertiary/aromatic N) is 3. The number of nitrogens with one attached hydrogen (secondary N) is 2. The Kier molecular flexibility index (Phi) is 3.85. The highest BCUT2D eigenvalue weighted by atomic mass is 35.5. The predicted molar refractivity (Wildman–Crippen MR) is 84.9 cm³/mol. The van der Waals surface area contributed by atoms with Crippen LogP contribution in [0.1, 0.15) is 36.1 Å². The highest BCUT2D eigenvalue weighted by molar-refractivity contribution is 6.31. The number of hydrogen-bond acceptors (Lipinski definition) is 3. The zero-order valence-corrected chi connectivity index (χ0v) is 13.1. The van der Waals surface area contributed by atoms with Crippen molar-refractivity contribution in [2.75, 3.05) is 0 Å². The molecule has 3 aromatic rings. The molecule has 6 nitrogen and oxygen atoms in total. The van der Waals surface area contributed by atoms with Crippen molar-refractivity contribution in [2.45, 2.75) is 26.4 Å². The van der Waals surface area contributed by atoms with E-state index in [1.165, 1.54) is 0 Å². The summed E-state index contributed by atoms with van der Waals surface area (Å²) >= 11 is 5.94. The second-order valence-electron chi connectivity index (χ2n) is 5.33. The van der Waals surface area contributed by atoms with Crippen LogP contribution in [0.25, 0.3) is 11.0 Å². The van der Waals surface area contributed by atoms with E-state index in [0.717, 1.165) is 11.0 Å². The van der Waals surface area contributed by atoms with Gasteiger partial charge in [-0.05, 0) is 32.0 Å². The smallest absolute Gasteiger partial charge is 0.254 e. The van der Waals surface area contributed by atoms with Crippen molar-refractivity contribution in [3.05, 3.63) is 47.0 Å². The third kappa shape index (κ3) is 2.96. The van der Waals surface area contributed by atoms with Gasteiger partial charge in [0.2, 0.25) is 0 Å². The topological polar surface area (TPSA) is 75.6 Å². The van der Waals surface area contributed by atoms with Crippen molar-refractivity contribution in [3.63, 3.8) is 0 Å². The van der Waals surface area contributed by atoms with Gasteiger partial charge in [-0.25, -0.2) is 4.98 Å². The second kappa shape index (κ2) is 5.81. The predicted octanol–water partition coefficient (Wildman–Crippen LogP) is 2.92. The number of hydrogen-bond donors (Lipinski definition) is 2. The quantitative estimate of drug-likeness (QED) is 0.777. The molecule has 0 radical (unpaired) electrons. The maximum Gasteiger partial charge on any atom is 0.254 e. The van der Waals surface area contributed by atoms with Gasteiger partial charge < -0.3 is 10.3 Å². The van der Waals surface area contributed by atoms with Crippen LogP contribution in [-0.2, 0) is 6.54 Å². The number of aromatic amines is 1. The molecule has 2 aromatic heterocycles. The summed E-state index contributed by atoms with van der Waals surface area (Å²) < 4.78 is 1.75. The van der Waals surface area contributed by atoms with E-state index in [1.54, 1.807) is 23.1 Å². The fourth-order valence-electron chi connectivity index (χ4n) is 2.12. The maximum absolute atomic E-state index is 12.1. The summed E-state index contributed by atoms with van der Waals surface area (Å²) in [6, 6.07) is 5.66. The van der Waals surface area contributed by atoms with E-state index in [-0.39, 0.29) is 11.9 Å². The van der Waals surface area contributed by atoms with Crippen LogP contribution < -0.4 is 5.32 Å². The van der Waals surface area contributed by atoms with Crippen molar-refractivity contribution in [1.29, 1.82) is 0 Å². The SMILES string of the molecule is CC(C)n1cc(C(=O)NCc2nc3ccc(Cl)cc3[nH]2)cn1. The van der Waals surface area contributed by atoms with Crippen molar-refractivity contribution in [2.24, 2.45) is 0 Å².